The Morgan fingerprint density at radius 3 is 2.59 bits per heavy atom. The van der Waals surface area contributed by atoms with E-state index in [0.29, 0.717) is 29.5 Å². The summed E-state index contributed by atoms with van der Waals surface area (Å²) >= 11 is 7.95. The summed E-state index contributed by atoms with van der Waals surface area (Å²) in [6.07, 6.45) is 4.25. The molecule has 5 nitrogen and oxygen atoms in total. The van der Waals surface area contributed by atoms with E-state index in [1.807, 2.05) is 0 Å². The minimum Gasteiger partial charge on any atom is -0.452 e. The highest BCUT2D eigenvalue weighted by molar-refractivity contribution is 7.14. The third kappa shape index (κ3) is 3.92. The lowest BCUT2D eigenvalue weighted by Gasteiger charge is -2.58. The number of carbonyl (C=O) groups excluding carboxylic acids is 2. The van der Waals surface area contributed by atoms with Crippen LogP contribution in [0.5, 0.6) is 0 Å². The number of nitrogens with zero attached hydrogens (tertiary/aromatic N) is 1. The van der Waals surface area contributed by atoms with Crippen molar-refractivity contribution in [2.24, 2.45) is 17.3 Å². The van der Waals surface area contributed by atoms with Crippen LogP contribution in [-0.2, 0) is 14.3 Å². The van der Waals surface area contributed by atoms with Crippen LogP contribution in [0.2, 0.25) is 0 Å². The summed E-state index contributed by atoms with van der Waals surface area (Å²) in [6.45, 7) is 1.54. The summed E-state index contributed by atoms with van der Waals surface area (Å²) in [5, 5.41) is 4.56. The highest BCUT2D eigenvalue weighted by Crippen LogP contribution is 2.64. The van der Waals surface area contributed by atoms with Crippen LogP contribution in [0.15, 0.2) is 23.6 Å². The number of anilines is 1. The monoisotopic (exact) mass is 480 g/mol. The lowest BCUT2D eigenvalue weighted by Crippen LogP contribution is -2.57. The van der Waals surface area contributed by atoms with Crippen LogP contribution in [0.1, 0.15) is 45.4 Å². The smallest absolute Gasteiger partial charge is 0.312 e. The van der Waals surface area contributed by atoms with E-state index < -0.39 is 29.1 Å². The van der Waals surface area contributed by atoms with Crippen molar-refractivity contribution in [1.29, 1.82) is 0 Å². The molecule has 4 fully saturated rings. The predicted molar refractivity (Wildman–Crippen MR) is 117 cm³/mol. The van der Waals surface area contributed by atoms with Crippen LogP contribution < -0.4 is 5.32 Å². The Morgan fingerprint density at radius 2 is 1.94 bits per heavy atom. The maximum absolute atomic E-state index is 13.5. The van der Waals surface area contributed by atoms with E-state index in [2.05, 4.69) is 10.3 Å². The molecule has 0 radical (unpaired) electrons. The van der Waals surface area contributed by atoms with Gasteiger partial charge in [-0.25, -0.2) is 13.8 Å². The number of alkyl halides is 1. The van der Waals surface area contributed by atoms with Gasteiger partial charge in [0.2, 0.25) is 0 Å². The van der Waals surface area contributed by atoms with Gasteiger partial charge in [-0.3, -0.25) is 14.9 Å². The number of rotatable bonds is 5. The first-order chi connectivity index (χ1) is 15.1. The zero-order chi connectivity index (χ0) is 22.7. The highest BCUT2D eigenvalue weighted by atomic mass is 35.5. The van der Waals surface area contributed by atoms with Crippen molar-refractivity contribution in [3.63, 3.8) is 0 Å². The molecule has 170 valence electrons. The molecule has 3 unspecified atom stereocenters. The second-order valence-electron chi connectivity index (χ2n) is 9.60. The zero-order valence-corrected chi connectivity index (χ0v) is 19.1. The van der Waals surface area contributed by atoms with Crippen molar-refractivity contribution in [2.75, 3.05) is 5.32 Å². The van der Waals surface area contributed by atoms with Crippen LogP contribution in [-0.4, -0.2) is 27.8 Å². The maximum atomic E-state index is 13.5. The van der Waals surface area contributed by atoms with Gasteiger partial charge >= 0.3 is 5.97 Å². The van der Waals surface area contributed by atoms with Gasteiger partial charge < -0.3 is 4.74 Å². The average Bonchev–Trinajstić information content (AvgIpc) is 3.16. The summed E-state index contributed by atoms with van der Waals surface area (Å²) in [5.41, 5.74) is 0.230. The fourth-order valence-electron chi connectivity index (χ4n) is 6.05. The molecule has 9 heteroatoms. The van der Waals surface area contributed by atoms with Gasteiger partial charge in [-0.15, -0.1) is 22.9 Å². The van der Waals surface area contributed by atoms with Gasteiger partial charge in [-0.2, -0.15) is 0 Å². The molecule has 4 aliphatic carbocycles. The van der Waals surface area contributed by atoms with Crippen LogP contribution >= 0.6 is 22.9 Å². The van der Waals surface area contributed by atoms with E-state index in [9.17, 15) is 18.4 Å². The van der Waals surface area contributed by atoms with Crippen molar-refractivity contribution in [3.05, 3.63) is 35.2 Å². The number of carbonyl (C=O) groups is 2. The molecular weight excluding hydrogens is 458 g/mol. The number of ether oxygens (including phenoxy) is 1. The number of benzene rings is 1. The number of hydrogen-bond donors (Lipinski definition) is 1. The second kappa shape index (κ2) is 7.76. The molecule has 0 saturated heterocycles. The quantitative estimate of drug-likeness (QED) is 0.451. The van der Waals surface area contributed by atoms with Crippen LogP contribution in [0, 0.1) is 28.9 Å². The minimum absolute atomic E-state index is 0.284. The lowest BCUT2D eigenvalue weighted by molar-refractivity contribution is -0.176. The van der Waals surface area contributed by atoms with E-state index in [1.54, 1.807) is 5.38 Å². The first-order valence-corrected chi connectivity index (χ1v) is 12.0. The molecule has 4 bridgehead atoms. The molecule has 0 spiro atoms. The summed E-state index contributed by atoms with van der Waals surface area (Å²) in [5.74, 6) is -1.82. The largest absolute Gasteiger partial charge is 0.452 e. The van der Waals surface area contributed by atoms with Crippen molar-refractivity contribution in [3.8, 4) is 11.3 Å². The van der Waals surface area contributed by atoms with Gasteiger partial charge in [0.1, 0.15) is 0 Å². The number of thiazole rings is 1. The van der Waals surface area contributed by atoms with Gasteiger partial charge in [-0.05, 0) is 75.5 Å². The van der Waals surface area contributed by atoms with Gasteiger partial charge in [0.15, 0.2) is 22.9 Å². The van der Waals surface area contributed by atoms with Crippen LogP contribution in [0.3, 0.4) is 0 Å². The Bertz CT molecular complexity index is 1080. The molecule has 0 aliphatic heterocycles. The molecule has 1 aromatic carbocycles. The summed E-state index contributed by atoms with van der Waals surface area (Å²) in [4.78, 5) is 29.7. The van der Waals surface area contributed by atoms with Crippen molar-refractivity contribution in [2.45, 2.75) is 56.4 Å². The Kier molecular flexibility index (Phi) is 5.28. The van der Waals surface area contributed by atoms with Crippen LogP contribution in [0.25, 0.3) is 11.3 Å². The predicted octanol–water partition coefficient (Wildman–Crippen LogP) is 5.54. The molecule has 1 amide bonds. The number of nitrogens with one attached hydrogen (secondary N) is 1. The molecule has 1 aromatic heterocycles. The standard InChI is InChI=1S/C23H23ClF2N2O3S/c1-12(31-20(30)22-6-13-4-14(7-22)9-23(24,8-13)11-22)19(29)28-21-27-18(10-32-21)15-2-3-16(25)17(26)5-15/h2-3,5,10,12-14H,4,6-9,11H2,1H3,(H,27,28,29). The molecule has 2 aromatic rings. The molecule has 32 heavy (non-hydrogen) atoms. The highest BCUT2D eigenvalue weighted by Gasteiger charge is 2.61. The van der Waals surface area contributed by atoms with Crippen molar-refractivity contribution < 1.29 is 23.1 Å². The first-order valence-electron chi connectivity index (χ1n) is 10.8. The topological polar surface area (TPSA) is 68.3 Å². The Morgan fingerprint density at radius 1 is 1.22 bits per heavy atom. The summed E-state index contributed by atoms with van der Waals surface area (Å²) < 4.78 is 32.2. The molecule has 1 N–H and O–H groups in total. The van der Waals surface area contributed by atoms with Crippen molar-refractivity contribution in [1.82, 2.24) is 4.98 Å². The van der Waals surface area contributed by atoms with Gasteiger partial charge in [0.25, 0.3) is 5.91 Å². The SMILES string of the molecule is CC(OC(=O)C12CC3CC(CC(Cl)(C3)C1)C2)C(=O)Nc1nc(-c2ccc(F)c(F)c2)cs1. The van der Waals surface area contributed by atoms with E-state index in [0.717, 1.165) is 55.6 Å². The molecule has 1 heterocycles. The average molecular weight is 481 g/mol. The summed E-state index contributed by atoms with van der Waals surface area (Å²) in [7, 11) is 0. The molecule has 4 aliphatic rings. The minimum atomic E-state index is -0.989. The number of halogens is 3. The van der Waals surface area contributed by atoms with Gasteiger partial charge in [0, 0.05) is 15.8 Å². The number of hydrogen-bond acceptors (Lipinski definition) is 5. The van der Waals surface area contributed by atoms with Gasteiger partial charge in [-0.1, -0.05) is 0 Å². The number of amides is 1. The van der Waals surface area contributed by atoms with E-state index >= 15 is 0 Å². The molecule has 3 atom stereocenters. The third-order valence-corrected chi connectivity index (χ3v) is 8.23. The summed E-state index contributed by atoms with van der Waals surface area (Å²) in [6, 6.07) is 3.49. The third-order valence-electron chi connectivity index (χ3n) is 7.03. The van der Waals surface area contributed by atoms with E-state index in [4.69, 9.17) is 16.3 Å². The normalized spacial score (nSPS) is 31.4. The fourth-order valence-corrected chi connectivity index (χ4v) is 7.47. The van der Waals surface area contributed by atoms with E-state index in [1.165, 1.54) is 13.0 Å². The molecule has 4 saturated carbocycles. The van der Waals surface area contributed by atoms with Crippen molar-refractivity contribution >= 4 is 39.9 Å². The molecule has 6 rings (SSSR count). The number of esters is 1. The Labute approximate surface area is 193 Å². The first kappa shape index (κ1) is 21.8. The zero-order valence-electron chi connectivity index (χ0n) is 17.5. The fraction of sp³-hybridized carbons (Fsp3) is 0.522. The number of aromatic nitrogens is 1. The maximum Gasteiger partial charge on any atom is 0.312 e. The Hall–Kier alpha value is -2.06. The lowest BCUT2D eigenvalue weighted by atomic mass is 9.49. The van der Waals surface area contributed by atoms with E-state index in [-0.39, 0.29) is 16.0 Å². The second-order valence-corrected chi connectivity index (χ2v) is 11.3. The van der Waals surface area contributed by atoms with Crippen LogP contribution in [0.4, 0.5) is 13.9 Å². The Balaban J connectivity index is 1.23. The van der Waals surface area contributed by atoms with Gasteiger partial charge in [0.05, 0.1) is 11.1 Å². The molecular formula is C23H23ClF2N2O3S.